The van der Waals surface area contributed by atoms with Crippen molar-refractivity contribution in [3.8, 4) is 0 Å². The van der Waals surface area contributed by atoms with E-state index in [1.165, 1.54) is 5.56 Å². The molecule has 0 aliphatic rings. The van der Waals surface area contributed by atoms with Crippen LogP contribution in [0.15, 0.2) is 53.3 Å². The van der Waals surface area contributed by atoms with E-state index in [1.807, 2.05) is 24.3 Å². The summed E-state index contributed by atoms with van der Waals surface area (Å²) in [5.41, 5.74) is 2.06. The second kappa shape index (κ2) is 5.61. The van der Waals surface area contributed by atoms with Crippen LogP contribution in [0.1, 0.15) is 11.1 Å². The minimum absolute atomic E-state index is 0.228. The van der Waals surface area contributed by atoms with E-state index in [0.29, 0.717) is 11.8 Å². The topological polar surface area (TPSA) is 13.1 Å². The average Bonchev–Trinajstić information content (AvgIpc) is 2.90. The molecule has 1 aromatic heterocycles. The van der Waals surface area contributed by atoms with Gasteiger partial charge in [-0.25, -0.2) is 0 Å². The second-order valence-corrected chi connectivity index (χ2v) is 4.76. The lowest BCUT2D eigenvalue weighted by molar-refractivity contribution is 0.522. The number of rotatable bonds is 5. The molecule has 0 N–H and O–H groups in total. The molecule has 0 aliphatic carbocycles. The molecular formula is C14H14Cl2O. The highest BCUT2D eigenvalue weighted by molar-refractivity contribution is 6.22. The summed E-state index contributed by atoms with van der Waals surface area (Å²) in [4.78, 5) is 0. The molecular weight excluding hydrogens is 255 g/mol. The Labute approximate surface area is 111 Å². The minimum Gasteiger partial charge on any atom is -0.472 e. The van der Waals surface area contributed by atoms with Gasteiger partial charge in [-0.1, -0.05) is 30.3 Å². The molecule has 0 spiro atoms. The van der Waals surface area contributed by atoms with E-state index in [-0.39, 0.29) is 5.41 Å². The van der Waals surface area contributed by atoms with E-state index in [1.54, 1.807) is 12.5 Å². The monoisotopic (exact) mass is 268 g/mol. The van der Waals surface area contributed by atoms with Crippen molar-refractivity contribution in [3.05, 3.63) is 60.1 Å². The molecule has 1 heterocycles. The smallest absolute Gasteiger partial charge is 0.0934 e. The molecule has 0 amide bonds. The number of furan rings is 1. The van der Waals surface area contributed by atoms with E-state index in [0.717, 1.165) is 12.0 Å². The summed E-state index contributed by atoms with van der Waals surface area (Å²) in [6.45, 7) is 0. The summed E-state index contributed by atoms with van der Waals surface area (Å²) in [6, 6.07) is 12.1. The Morgan fingerprint density at radius 3 is 2.24 bits per heavy atom. The zero-order valence-corrected chi connectivity index (χ0v) is 10.9. The number of benzene rings is 1. The minimum atomic E-state index is -0.228. The fourth-order valence-corrected chi connectivity index (χ4v) is 2.75. The van der Waals surface area contributed by atoms with Gasteiger partial charge in [-0.15, -0.1) is 23.2 Å². The van der Waals surface area contributed by atoms with Crippen LogP contribution in [0.3, 0.4) is 0 Å². The lowest BCUT2D eigenvalue weighted by Gasteiger charge is -2.29. The molecule has 0 aliphatic heterocycles. The van der Waals surface area contributed by atoms with Crippen LogP contribution in [0, 0.1) is 0 Å². The summed E-state index contributed by atoms with van der Waals surface area (Å²) in [6.07, 6.45) is 4.21. The quantitative estimate of drug-likeness (QED) is 0.740. The molecule has 0 atom stereocenters. The maximum atomic E-state index is 6.16. The van der Waals surface area contributed by atoms with Crippen LogP contribution in [-0.4, -0.2) is 11.8 Å². The van der Waals surface area contributed by atoms with Gasteiger partial charge in [-0.3, -0.25) is 0 Å². The summed E-state index contributed by atoms with van der Waals surface area (Å²) in [5.74, 6) is 0.984. The highest BCUT2D eigenvalue weighted by atomic mass is 35.5. The first-order valence-electron chi connectivity index (χ1n) is 5.49. The number of halogens is 2. The summed E-state index contributed by atoms with van der Waals surface area (Å²) in [7, 11) is 0. The van der Waals surface area contributed by atoms with E-state index >= 15 is 0 Å². The van der Waals surface area contributed by atoms with Crippen LogP contribution in [0.25, 0.3) is 0 Å². The highest BCUT2D eigenvalue weighted by Gasteiger charge is 2.31. The Kier molecular flexibility index (Phi) is 4.14. The van der Waals surface area contributed by atoms with Crippen molar-refractivity contribution in [1.82, 2.24) is 0 Å². The van der Waals surface area contributed by atoms with Crippen molar-refractivity contribution in [1.29, 1.82) is 0 Å². The van der Waals surface area contributed by atoms with E-state index in [2.05, 4.69) is 12.1 Å². The van der Waals surface area contributed by atoms with Gasteiger partial charge < -0.3 is 4.42 Å². The van der Waals surface area contributed by atoms with Crippen molar-refractivity contribution in [2.24, 2.45) is 0 Å². The van der Waals surface area contributed by atoms with Gasteiger partial charge in [0.25, 0.3) is 0 Å². The predicted octanol–water partition coefficient (Wildman–Crippen LogP) is 4.24. The molecule has 17 heavy (non-hydrogen) atoms. The van der Waals surface area contributed by atoms with Gasteiger partial charge in [0, 0.05) is 17.2 Å². The summed E-state index contributed by atoms with van der Waals surface area (Å²) >= 11 is 12.3. The van der Waals surface area contributed by atoms with E-state index in [9.17, 15) is 0 Å². The number of hydrogen-bond donors (Lipinski definition) is 0. The Balaban J connectivity index is 2.32. The molecule has 0 bridgehead atoms. The van der Waals surface area contributed by atoms with Crippen molar-refractivity contribution < 1.29 is 4.42 Å². The van der Waals surface area contributed by atoms with E-state index < -0.39 is 0 Å². The van der Waals surface area contributed by atoms with Gasteiger partial charge in [0.2, 0.25) is 0 Å². The maximum absolute atomic E-state index is 6.16. The molecule has 0 saturated heterocycles. The molecule has 1 nitrogen and oxygen atoms in total. The lowest BCUT2D eigenvalue weighted by Crippen LogP contribution is -2.33. The zero-order valence-electron chi connectivity index (χ0n) is 9.40. The predicted molar refractivity (Wildman–Crippen MR) is 72.0 cm³/mol. The van der Waals surface area contributed by atoms with Crippen LogP contribution < -0.4 is 0 Å². The van der Waals surface area contributed by atoms with Crippen LogP contribution in [0.4, 0.5) is 0 Å². The van der Waals surface area contributed by atoms with Gasteiger partial charge in [0.05, 0.1) is 12.5 Å². The second-order valence-electron chi connectivity index (χ2n) is 4.22. The first kappa shape index (κ1) is 12.5. The molecule has 0 saturated carbocycles. The SMILES string of the molecule is ClCC(CCl)(Cc1ccoc1)c1ccccc1. The third kappa shape index (κ3) is 2.67. The molecule has 2 rings (SSSR count). The molecule has 0 radical (unpaired) electrons. The van der Waals surface area contributed by atoms with Gasteiger partial charge in [0.1, 0.15) is 0 Å². The van der Waals surface area contributed by atoms with Gasteiger partial charge in [-0.05, 0) is 23.6 Å². The number of hydrogen-bond acceptors (Lipinski definition) is 1. The van der Waals surface area contributed by atoms with Crippen molar-refractivity contribution in [2.45, 2.75) is 11.8 Å². The van der Waals surface area contributed by atoms with Gasteiger partial charge in [-0.2, -0.15) is 0 Å². The largest absolute Gasteiger partial charge is 0.472 e. The van der Waals surface area contributed by atoms with Crippen LogP contribution in [0.5, 0.6) is 0 Å². The molecule has 2 aromatic rings. The van der Waals surface area contributed by atoms with Crippen molar-refractivity contribution in [2.75, 3.05) is 11.8 Å². The zero-order chi connectivity index (χ0) is 12.1. The Morgan fingerprint density at radius 1 is 1.00 bits per heavy atom. The third-order valence-electron chi connectivity index (χ3n) is 3.02. The highest BCUT2D eigenvalue weighted by Crippen LogP contribution is 2.31. The molecule has 90 valence electrons. The average molecular weight is 269 g/mol. The van der Waals surface area contributed by atoms with Crippen LogP contribution in [0.2, 0.25) is 0 Å². The summed E-state index contributed by atoms with van der Waals surface area (Å²) < 4.78 is 5.10. The fraction of sp³-hybridized carbons (Fsp3) is 0.286. The van der Waals surface area contributed by atoms with Crippen molar-refractivity contribution >= 4 is 23.2 Å². The standard InChI is InChI=1S/C14H14Cl2O/c15-10-14(11-16,8-12-6-7-17-9-12)13-4-2-1-3-5-13/h1-7,9H,8,10-11H2. The Morgan fingerprint density at radius 2 is 1.71 bits per heavy atom. The normalized spacial score (nSPS) is 11.6. The Bertz CT molecular complexity index is 433. The third-order valence-corrected chi connectivity index (χ3v) is 4.04. The van der Waals surface area contributed by atoms with Crippen LogP contribution >= 0.6 is 23.2 Å². The van der Waals surface area contributed by atoms with Gasteiger partial charge >= 0.3 is 0 Å². The first-order chi connectivity index (χ1) is 8.30. The number of alkyl halides is 2. The van der Waals surface area contributed by atoms with E-state index in [4.69, 9.17) is 27.6 Å². The molecule has 0 fully saturated rings. The van der Waals surface area contributed by atoms with Crippen LogP contribution in [-0.2, 0) is 11.8 Å². The van der Waals surface area contributed by atoms with Gasteiger partial charge in [0.15, 0.2) is 0 Å². The molecule has 1 aromatic carbocycles. The van der Waals surface area contributed by atoms with Crippen molar-refractivity contribution in [3.63, 3.8) is 0 Å². The maximum Gasteiger partial charge on any atom is 0.0934 e. The first-order valence-corrected chi connectivity index (χ1v) is 6.56. The summed E-state index contributed by atoms with van der Waals surface area (Å²) in [5, 5.41) is 0. The molecule has 3 heteroatoms. The Hall–Kier alpha value is -0.920. The molecule has 0 unspecified atom stereocenters. The fourth-order valence-electron chi connectivity index (χ4n) is 1.96. The lowest BCUT2D eigenvalue weighted by atomic mass is 9.79.